The van der Waals surface area contributed by atoms with Gasteiger partial charge >= 0.3 is 5.97 Å². The molecular formula is C14H23NO3. The highest BCUT2D eigenvalue weighted by atomic mass is 16.4. The molecule has 0 spiro atoms. The predicted octanol–water partition coefficient (Wildman–Crippen LogP) is 2.59. The quantitative estimate of drug-likeness (QED) is 0.766. The van der Waals surface area contributed by atoms with Crippen molar-refractivity contribution >= 4 is 11.9 Å². The van der Waals surface area contributed by atoms with Crippen LogP contribution in [-0.2, 0) is 9.59 Å². The summed E-state index contributed by atoms with van der Waals surface area (Å²) in [5.41, 5.74) is 0.778. The van der Waals surface area contributed by atoms with Gasteiger partial charge in [-0.25, -0.2) is 0 Å². The third-order valence-corrected chi connectivity index (χ3v) is 3.43. The van der Waals surface area contributed by atoms with Crippen LogP contribution in [0.3, 0.4) is 0 Å². The normalized spacial score (nSPS) is 20.9. The minimum atomic E-state index is -0.784. The van der Waals surface area contributed by atoms with E-state index in [1.807, 2.05) is 24.8 Å². The van der Waals surface area contributed by atoms with Gasteiger partial charge < -0.3 is 10.0 Å². The number of rotatable bonds is 5. The van der Waals surface area contributed by atoms with Crippen LogP contribution in [0.1, 0.15) is 52.4 Å². The van der Waals surface area contributed by atoms with Crippen molar-refractivity contribution in [3.05, 3.63) is 11.6 Å². The first kappa shape index (κ1) is 14.7. The highest BCUT2D eigenvalue weighted by Crippen LogP contribution is 2.22. The average molecular weight is 253 g/mol. The first-order chi connectivity index (χ1) is 8.56. The largest absolute Gasteiger partial charge is 0.481 e. The minimum Gasteiger partial charge on any atom is -0.481 e. The summed E-state index contributed by atoms with van der Waals surface area (Å²) in [5.74, 6) is -0.708. The highest BCUT2D eigenvalue weighted by Gasteiger charge is 2.27. The molecule has 0 aromatic carbocycles. The Kier molecular flexibility index (Phi) is 5.89. The van der Waals surface area contributed by atoms with Gasteiger partial charge in [-0.15, -0.1) is 0 Å². The van der Waals surface area contributed by atoms with E-state index in [2.05, 4.69) is 0 Å². The van der Waals surface area contributed by atoms with Gasteiger partial charge in [0.05, 0.1) is 0 Å². The molecule has 1 rings (SSSR count). The Bertz CT molecular complexity index is 336. The van der Waals surface area contributed by atoms with Gasteiger partial charge in [0.25, 0.3) is 0 Å². The van der Waals surface area contributed by atoms with Gasteiger partial charge in [0.15, 0.2) is 0 Å². The van der Waals surface area contributed by atoms with Crippen LogP contribution in [0.15, 0.2) is 11.6 Å². The van der Waals surface area contributed by atoms with Crippen molar-refractivity contribution in [1.82, 2.24) is 4.90 Å². The lowest BCUT2D eigenvalue weighted by Gasteiger charge is -2.36. The number of likely N-dealkylation sites (tertiary alicyclic amines) is 1. The van der Waals surface area contributed by atoms with Gasteiger partial charge in [0.2, 0.25) is 5.91 Å². The van der Waals surface area contributed by atoms with Crippen LogP contribution in [-0.4, -0.2) is 34.5 Å². The number of hydrogen-bond donors (Lipinski definition) is 1. The number of carboxylic acid groups (broad SMARTS) is 1. The molecule has 102 valence electrons. The molecule has 4 nitrogen and oxygen atoms in total. The zero-order valence-electron chi connectivity index (χ0n) is 11.3. The number of nitrogens with zero attached hydrogens (tertiary/aromatic N) is 1. The topological polar surface area (TPSA) is 57.6 Å². The van der Waals surface area contributed by atoms with E-state index in [1.54, 1.807) is 0 Å². The second-order valence-corrected chi connectivity index (χ2v) is 4.88. The molecule has 0 aromatic heterocycles. The van der Waals surface area contributed by atoms with E-state index in [9.17, 15) is 9.59 Å². The molecule has 1 N–H and O–H groups in total. The molecule has 1 saturated heterocycles. The molecule has 1 amide bonds. The average Bonchev–Trinajstić information content (AvgIpc) is 2.36. The second kappa shape index (κ2) is 7.19. The van der Waals surface area contributed by atoms with E-state index in [1.165, 1.54) is 0 Å². The lowest BCUT2D eigenvalue weighted by atomic mass is 9.97. The zero-order valence-corrected chi connectivity index (χ0v) is 11.3. The molecule has 18 heavy (non-hydrogen) atoms. The molecule has 1 atom stereocenters. The van der Waals surface area contributed by atoms with E-state index in [-0.39, 0.29) is 18.4 Å². The van der Waals surface area contributed by atoms with Crippen molar-refractivity contribution < 1.29 is 14.7 Å². The third-order valence-electron chi connectivity index (χ3n) is 3.43. The molecule has 0 aromatic rings. The molecule has 0 saturated carbocycles. The molecule has 0 radical (unpaired) electrons. The zero-order chi connectivity index (χ0) is 13.5. The van der Waals surface area contributed by atoms with Crippen LogP contribution in [0.25, 0.3) is 0 Å². The van der Waals surface area contributed by atoms with E-state index in [0.29, 0.717) is 6.42 Å². The number of hydrogen-bond acceptors (Lipinski definition) is 2. The lowest BCUT2D eigenvalue weighted by molar-refractivity contribution is -0.139. The maximum Gasteiger partial charge on any atom is 0.303 e. The van der Waals surface area contributed by atoms with Gasteiger partial charge in [-0.2, -0.15) is 0 Å². The van der Waals surface area contributed by atoms with E-state index in [0.717, 1.165) is 37.8 Å². The molecule has 0 aliphatic carbocycles. The van der Waals surface area contributed by atoms with E-state index in [4.69, 9.17) is 5.11 Å². The summed E-state index contributed by atoms with van der Waals surface area (Å²) in [5, 5.41) is 8.75. The fraction of sp³-hybridized carbons (Fsp3) is 0.714. The van der Waals surface area contributed by atoms with Gasteiger partial charge in [-0.1, -0.05) is 13.0 Å². The van der Waals surface area contributed by atoms with Crippen LogP contribution in [0.2, 0.25) is 0 Å². The molecule has 0 bridgehead atoms. The Hall–Kier alpha value is -1.32. The van der Waals surface area contributed by atoms with Crippen molar-refractivity contribution in [2.24, 2.45) is 0 Å². The summed E-state index contributed by atoms with van der Waals surface area (Å²) >= 11 is 0. The Morgan fingerprint density at radius 3 is 2.72 bits per heavy atom. The summed E-state index contributed by atoms with van der Waals surface area (Å²) in [6, 6.07) is 0.0996. The number of carboxylic acids is 1. The number of piperidine rings is 1. The summed E-state index contributed by atoms with van der Waals surface area (Å²) in [7, 11) is 0. The Labute approximate surface area is 109 Å². The van der Waals surface area contributed by atoms with Crippen LogP contribution in [0.5, 0.6) is 0 Å². The standard InChI is InChI=1S/C14H23NO3/c1-3-6-11(2)14(18)15-10-5-4-7-12(15)8-9-13(16)17/h6,12H,3-5,7-10H2,1-2H3,(H,16,17)/b11-6+/t12-/m1/s1. The SMILES string of the molecule is CC/C=C(\C)C(=O)N1CCCC[C@@H]1CCC(=O)O. The van der Waals surface area contributed by atoms with Crippen LogP contribution < -0.4 is 0 Å². The van der Waals surface area contributed by atoms with Crippen LogP contribution in [0, 0.1) is 0 Å². The smallest absolute Gasteiger partial charge is 0.303 e. The molecular weight excluding hydrogens is 230 g/mol. The number of amides is 1. The lowest BCUT2D eigenvalue weighted by Crippen LogP contribution is -2.44. The summed E-state index contributed by atoms with van der Waals surface area (Å²) in [6.45, 7) is 4.61. The Balaban J connectivity index is 2.66. The number of carbonyl (C=O) groups is 2. The molecule has 1 heterocycles. The van der Waals surface area contributed by atoms with Gasteiger partial charge in [0, 0.05) is 24.6 Å². The second-order valence-electron chi connectivity index (χ2n) is 4.88. The first-order valence-corrected chi connectivity index (χ1v) is 6.75. The first-order valence-electron chi connectivity index (χ1n) is 6.75. The van der Waals surface area contributed by atoms with Crippen LogP contribution >= 0.6 is 0 Å². The van der Waals surface area contributed by atoms with E-state index >= 15 is 0 Å². The molecule has 0 unspecified atom stereocenters. The third kappa shape index (κ3) is 4.17. The number of carbonyl (C=O) groups excluding carboxylic acids is 1. The summed E-state index contributed by atoms with van der Waals surface area (Å²) in [6.07, 6.45) is 6.54. The molecule has 4 heteroatoms. The highest BCUT2D eigenvalue weighted by molar-refractivity contribution is 5.93. The maximum absolute atomic E-state index is 12.3. The van der Waals surface area contributed by atoms with Gasteiger partial charge in [-0.3, -0.25) is 9.59 Å². The summed E-state index contributed by atoms with van der Waals surface area (Å²) < 4.78 is 0. The van der Waals surface area contributed by atoms with Crippen LogP contribution in [0.4, 0.5) is 0 Å². The molecule has 1 aliphatic rings. The van der Waals surface area contributed by atoms with Gasteiger partial charge in [-0.05, 0) is 39.0 Å². The molecule has 1 fully saturated rings. The van der Waals surface area contributed by atoms with E-state index < -0.39 is 5.97 Å². The number of allylic oxidation sites excluding steroid dienone is 1. The minimum absolute atomic E-state index is 0.0759. The predicted molar refractivity (Wildman–Crippen MR) is 70.3 cm³/mol. The van der Waals surface area contributed by atoms with Crippen molar-refractivity contribution in [2.75, 3.05) is 6.54 Å². The Morgan fingerprint density at radius 2 is 2.11 bits per heavy atom. The fourth-order valence-electron chi connectivity index (χ4n) is 2.48. The monoisotopic (exact) mass is 253 g/mol. The van der Waals surface area contributed by atoms with Crippen molar-refractivity contribution in [1.29, 1.82) is 0 Å². The van der Waals surface area contributed by atoms with Gasteiger partial charge in [0.1, 0.15) is 0 Å². The number of aliphatic carboxylic acids is 1. The maximum atomic E-state index is 12.3. The Morgan fingerprint density at radius 1 is 1.39 bits per heavy atom. The van der Waals surface area contributed by atoms with Crippen molar-refractivity contribution in [2.45, 2.75) is 58.4 Å². The molecule has 1 aliphatic heterocycles. The van der Waals surface area contributed by atoms with Crippen molar-refractivity contribution in [3.63, 3.8) is 0 Å². The van der Waals surface area contributed by atoms with Crippen molar-refractivity contribution in [3.8, 4) is 0 Å². The fourth-order valence-corrected chi connectivity index (χ4v) is 2.48. The summed E-state index contributed by atoms with van der Waals surface area (Å²) in [4.78, 5) is 24.8.